The minimum atomic E-state index is -0.184. The summed E-state index contributed by atoms with van der Waals surface area (Å²) in [7, 11) is 0. The zero-order valence-corrected chi connectivity index (χ0v) is 18.2. The fourth-order valence-electron chi connectivity index (χ4n) is 4.32. The average Bonchev–Trinajstić information content (AvgIpc) is 2.85. The molecule has 0 unspecified atom stereocenters. The molecule has 4 aromatic rings. The van der Waals surface area contributed by atoms with Gasteiger partial charge in [0.1, 0.15) is 0 Å². The highest BCUT2D eigenvalue weighted by atomic mass is 16.2. The molecule has 160 valence electrons. The fraction of sp³-hybridized carbons (Fsp3) is 0.0667. The monoisotopic (exact) mass is 429 g/mol. The number of benzene rings is 4. The van der Waals surface area contributed by atoms with Gasteiger partial charge in [0.2, 0.25) is 5.91 Å². The molecular formula is C30H23NO2. The third-order valence-corrected chi connectivity index (χ3v) is 6.02. The molecular weight excluding hydrogens is 406 g/mol. The van der Waals surface area contributed by atoms with Crippen molar-refractivity contribution in [1.82, 2.24) is 4.90 Å². The van der Waals surface area contributed by atoms with Crippen molar-refractivity contribution in [2.75, 3.05) is 13.1 Å². The number of carbonyl (C=O) groups is 2. The molecule has 0 bridgehead atoms. The molecule has 4 aromatic carbocycles. The maximum atomic E-state index is 13.4. The first-order valence-corrected chi connectivity index (χ1v) is 11.0. The summed E-state index contributed by atoms with van der Waals surface area (Å²) in [6.07, 6.45) is 5.09. The lowest BCUT2D eigenvalue weighted by molar-refractivity contribution is -0.126. The van der Waals surface area contributed by atoms with Crippen LogP contribution in [0.2, 0.25) is 0 Å². The predicted molar refractivity (Wildman–Crippen MR) is 136 cm³/mol. The zero-order valence-electron chi connectivity index (χ0n) is 18.2. The number of nitrogens with zero attached hydrogens (tertiary/aromatic N) is 1. The summed E-state index contributed by atoms with van der Waals surface area (Å²) >= 11 is 0. The van der Waals surface area contributed by atoms with E-state index >= 15 is 0 Å². The molecule has 0 radical (unpaired) electrons. The first-order chi connectivity index (χ1) is 16.1. The SMILES string of the molecule is C=CC(=O)N1C/C(=C\c2ccc3ccccc3c2)C(=O)/C(=C/c2ccc3ccccc3c2)C1. The van der Waals surface area contributed by atoms with Crippen molar-refractivity contribution < 1.29 is 9.59 Å². The first kappa shape index (κ1) is 20.7. The molecule has 0 spiro atoms. The Morgan fingerprint density at radius 2 is 1.15 bits per heavy atom. The van der Waals surface area contributed by atoms with E-state index in [2.05, 4.69) is 43.0 Å². The number of Topliss-reactive ketones (excluding diaryl/α,β-unsaturated/α-hetero) is 1. The Morgan fingerprint density at radius 1 is 0.697 bits per heavy atom. The van der Waals surface area contributed by atoms with Gasteiger partial charge in [-0.15, -0.1) is 0 Å². The van der Waals surface area contributed by atoms with Crippen LogP contribution in [-0.2, 0) is 9.59 Å². The van der Waals surface area contributed by atoms with Crippen LogP contribution in [0.15, 0.2) is 109 Å². The van der Waals surface area contributed by atoms with Crippen molar-refractivity contribution in [3.05, 3.63) is 120 Å². The van der Waals surface area contributed by atoms with E-state index in [1.165, 1.54) is 6.08 Å². The lowest BCUT2D eigenvalue weighted by Crippen LogP contribution is -2.40. The summed E-state index contributed by atoms with van der Waals surface area (Å²) < 4.78 is 0. The quantitative estimate of drug-likeness (QED) is 0.371. The molecule has 3 heteroatoms. The second-order valence-corrected chi connectivity index (χ2v) is 8.28. The van der Waals surface area contributed by atoms with Gasteiger partial charge in [-0.05, 0) is 63.0 Å². The van der Waals surface area contributed by atoms with Crippen LogP contribution in [0.25, 0.3) is 33.7 Å². The van der Waals surface area contributed by atoms with Crippen molar-refractivity contribution in [3.63, 3.8) is 0 Å². The molecule has 33 heavy (non-hydrogen) atoms. The third kappa shape index (κ3) is 4.26. The van der Waals surface area contributed by atoms with Crippen LogP contribution in [0.1, 0.15) is 11.1 Å². The largest absolute Gasteiger partial charge is 0.330 e. The molecule has 3 nitrogen and oxygen atoms in total. The van der Waals surface area contributed by atoms with E-state index < -0.39 is 0 Å². The molecule has 5 rings (SSSR count). The number of hydrogen-bond acceptors (Lipinski definition) is 2. The van der Waals surface area contributed by atoms with E-state index in [1.807, 2.05) is 60.7 Å². The van der Waals surface area contributed by atoms with Crippen molar-refractivity contribution in [2.24, 2.45) is 0 Å². The highest BCUT2D eigenvalue weighted by Gasteiger charge is 2.28. The van der Waals surface area contributed by atoms with Gasteiger partial charge in [0.15, 0.2) is 5.78 Å². The maximum Gasteiger partial charge on any atom is 0.246 e. The number of ketones is 1. The molecule has 0 saturated carbocycles. The van der Waals surface area contributed by atoms with Gasteiger partial charge in [0.25, 0.3) is 0 Å². The maximum absolute atomic E-state index is 13.4. The van der Waals surface area contributed by atoms with Gasteiger partial charge in [-0.3, -0.25) is 9.59 Å². The second-order valence-electron chi connectivity index (χ2n) is 8.28. The Labute approximate surface area is 193 Å². The van der Waals surface area contributed by atoms with Crippen molar-refractivity contribution in [3.8, 4) is 0 Å². The first-order valence-electron chi connectivity index (χ1n) is 11.0. The molecule has 1 amide bonds. The van der Waals surface area contributed by atoms with Crippen LogP contribution in [-0.4, -0.2) is 29.7 Å². The van der Waals surface area contributed by atoms with Crippen molar-refractivity contribution in [1.29, 1.82) is 0 Å². The highest BCUT2D eigenvalue weighted by Crippen LogP contribution is 2.25. The minimum Gasteiger partial charge on any atom is -0.330 e. The molecule has 1 heterocycles. The number of hydrogen-bond donors (Lipinski definition) is 0. The summed E-state index contributed by atoms with van der Waals surface area (Å²) in [5.74, 6) is -0.208. The second kappa shape index (κ2) is 8.71. The number of likely N-dealkylation sites (tertiary alicyclic amines) is 1. The van der Waals surface area contributed by atoms with Gasteiger partial charge in [0, 0.05) is 11.1 Å². The zero-order chi connectivity index (χ0) is 22.8. The number of rotatable bonds is 3. The van der Waals surface area contributed by atoms with E-state index in [9.17, 15) is 9.59 Å². The average molecular weight is 430 g/mol. The van der Waals surface area contributed by atoms with Crippen LogP contribution in [0.3, 0.4) is 0 Å². The van der Waals surface area contributed by atoms with Gasteiger partial charge in [-0.1, -0.05) is 79.4 Å². The summed E-state index contributed by atoms with van der Waals surface area (Å²) in [6.45, 7) is 4.16. The Hall–Kier alpha value is -4.24. The van der Waals surface area contributed by atoms with E-state index in [-0.39, 0.29) is 24.8 Å². The lowest BCUT2D eigenvalue weighted by atomic mass is 9.93. The third-order valence-electron chi connectivity index (χ3n) is 6.02. The van der Waals surface area contributed by atoms with Crippen LogP contribution in [0, 0.1) is 0 Å². The van der Waals surface area contributed by atoms with Crippen LogP contribution in [0.4, 0.5) is 0 Å². The van der Waals surface area contributed by atoms with E-state index in [0.717, 1.165) is 32.7 Å². The molecule has 1 saturated heterocycles. The van der Waals surface area contributed by atoms with Crippen LogP contribution < -0.4 is 0 Å². The molecule has 0 N–H and O–H groups in total. The predicted octanol–water partition coefficient (Wildman–Crippen LogP) is 6.06. The highest BCUT2D eigenvalue weighted by molar-refractivity contribution is 6.15. The van der Waals surface area contributed by atoms with Gasteiger partial charge < -0.3 is 4.90 Å². The Morgan fingerprint density at radius 3 is 1.61 bits per heavy atom. The Bertz CT molecular complexity index is 1370. The van der Waals surface area contributed by atoms with Gasteiger partial charge in [0.05, 0.1) is 13.1 Å². The van der Waals surface area contributed by atoms with Crippen LogP contribution >= 0.6 is 0 Å². The minimum absolute atomic E-state index is 0.0237. The number of fused-ring (bicyclic) bond motifs is 2. The number of amides is 1. The summed E-state index contributed by atoms with van der Waals surface area (Å²) in [6, 6.07) is 28.5. The van der Waals surface area contributed by atoms with Gasteiger partial charge in [-0.25, -0.2) is 0 Å². The summed E-state index contributed by atoms with van der Waals surface area (Å²) in [5, 5.41) is 4.52. The molecule has 1 aliphatic rings. The van der Waals surface area contributed by atoms with Gasteiger partial charge in [-0.2, -0.15) is 0 Å². The summed E-state index contributed by atoms with van der Waals surface area (Å²) in [5.41, 5.74) is 3.07. The molecule has 0 aromatic heterocycles. The smallest absolute Gasteiger partial charge is 0.246 e. The van der Waals surface area contributed by atoms with Crippen molar-refractivity contribution in [2.45, 2.75) is 0 Å². The Kier molecular flexibility index (Phi) is 5.45. The Balaban J connectivity index is 1.55. The standard InChI is InChI=1S/C30H23NO2/c1-2-29(32)31-19-27(17-21-11-13-23-7-3-5-9-25(23)15-21)30(33)28(20-31)18-22-12-14-24-8-4-6-10-26(24)16-22/h2-18H,1,19-20H2/b27-17+,28-18+. The van der Waals surface area contributed by atoms with E-state index in [4.69, 9.17) is 0 Å². The van der Waals surface area contributed by atoms with Crippen molar-refractivity contribution >= 4 is 45.4 Å². The van der Waals surface area contributed by atoms with E-state index in [1.54, 1.807) is 4.90 Å². The summed E-state index contributed by atoms with van der Waals surface area (Å²) in [4.78, 5) is 27.5. The topological polar surface area (TPSA) is 37.4 Å². The number of carbonyl (C=O) groups excluding carboxylic acids is 2. The lowest BCUT2D eigenvalue weighted by Gasteiger charge is -2.29. The molecule has 1 fully saturated rings. The number of piperidine rings is 1. The molecule has 0 atom stereocenters. The fourth-order valence-corrected chi connectivity index (χ4v) is 4.32. The molecule has 1 aliphatic heterocycles. The van der Waals surface area contributed by atoms with Crippen LogP contribution in [0.5, 0.6) is 0 Å². The normalized spacial score (nSPS) is 16.6. The van der Waals surface area contributed by atoms with E-state index in [0.29, 0.717) is 11.1 Å². The molecule has 0 aliphatic carbocycles. The van der Waals surface area contributed by atoms with Gasteiger partial charge >= 0.3 is 0 Å².